The molecule has 0 unspecified atom stereocenters. The van der Waals surface area contributed by atoms with Crippen LogP contribution in [0.4, 0.5) is 18.9 Å². The summed E-state index contributed by atoms with van der Waals surface area (Å²) in [5.74, 6) is -0.406. The summed E-state index contributed by atoms with van der Waals surface area (Å²) < 4.78 is 45.5. The van der Waals surface area contributed by atoms with Crippen LogP contribution >= 0.6 is 0 Å². The molecule has 2 N–H and O–H groups in total. The molecule has 0 spiro atoms. The van der Waals surface area contributed by atoms with E-state index < -0.39 is 25.2 Å². The Balaban J connectivity index is 2.64. The van der Waals surface area contributed by atoms with Crippen molar-refractivity contribution in [2.75, 3.05) is 18.9 Å². The summed E-state index contributed by atoms with van der Waals surface area (Å²) in [5.41, 5.74) is 5.86. The van der Waals surface area contributed by atoms with Gasteiger partial charge in [-0.2, -0.15) is 13.2 Å². The van der Waals surface area contributed by atoms with E-state index in [-0.39, 0.29) is 23.6 Å². The molecule has 0 aromatic heterocycles. The molecule has 1 rings (SSSR count). The predicted octanol–water partition coefficient (Wildman–Crippen LogP) is 2.78. The molecule has 0 amide bonds. The first-order chi connectivity index (χ1) is 8.83. The number of benzene rings is 1. The molecule has 106 valence electrons. The summed E-state index contributed by atoms with van der Waals surface area (Å²) in [6.07, 6.45) is -5.32. The fourth-order valence-electron chi connectivity index (χ4n) is 1.31. The second kappa shape index (κ2) is 6.31. The molecule has 1 aromatic carbocycles. The number of nitrogens with two attached hydrogens (primary N) is 1. The first-order valence-electron chi connectivity index (χ1n) is 5.59. The fraction of sp³-hybridized carbons (Fsp3) is 0.417. The van der Waals surface area contributed by atoms with E-state index in [1.54, 1.807) is 6.92 Å². The molecule has 0 heterocycles. The molecule has 0 saturated heterocycles. The van der Waals surface area contributed by atoms with Crippen LogP contribution in [-0.2, 0) is 4.74 Å². The van der Waals surface area contributed by atoms with Crippen LogP contribution < -0.4 is 10.5 Å². The zero-order valence-corrected chi connectivity index (χ0v) is 10.3. The topological polar surface area (TPSA) is 61.5 Å². The monoisotopic (exact) mass is 277 g/mol. The van der Waals surface area contributed by atoms with Gasteiger partial charge in [-0.1, -0.05) is 0 Å². The molecule has 0 aliphatic heterocycles. The Bertz CT molecular complexity index is 446. The molecule has 19 heavy (non-hydrogen) atoms. The Morgan fingerprint density at radius 2 is 2.05 bits per heavy atom. The smallest absolute Gasteiger partial charge is 0.392 e. The highest BCUT2D eigenvalue weighted by atomic mass is 19.4. The molecule has 4 nitrogen and oxygen atoms in total. The van der Waals surface area contributed by atoms with E-state index in [1.165, 1.54) is 18.2 Å². The maximum atomic E-state index is 11.9. The first kappa shape index (κ1) is 15.1. The highest BCUT2D eigenvalue weighted by Gasteiger charge is 2.26. The summed E-state index contributed by atoms with van der Waals surface area (Å²) in [6.45, 7) is 1.37. The van der Waals surface area contributed by atoms with Crippen LogP contribution in [0.3, 0.4) is 0 Å². The quantitative estimate of drug-likeness (QED) is 0.664. The zero-order valence-electron chi connectivity index (χ0n) is 10.3. The van der Waals surface area contributed by atoms with E-state index in [9.17, 15) is 18.0 Å². The average molecular weight is 277 g/mol. The van der Waals surface area contributed by atoms with Crippen molar-refractivity contribution in [3.05, 3.63) is 23.8 Å². The summed E-state index contributed by atoms with van der Waals surface area (Å²) in [5, 5.41) is 0. The van der Waals surface area contributed by atoms with Gasteiger partial charge in [0.1, 0.15) is 5.75 Å². The van der Waals surface area contributed by atoms with E-state index in [2.05, 4.69) is 0 Å². The third-order valence-corrected chi connectivity index (χ3v) is 2.17. The number of carbonyl (C=O) groups excluding carboxylic acids is 1. The first-order valence-corrected chi connectivity index (χ1v) is 5.59. The molecular formula is C12H14F3NO3. The van der Waals surface area contributed by atoms with E-state index in [0.717, 1.165) is 0 Å². The second-order valence-electron chi connectivity index (χ2n) is 3.68. The minimum atomic E-state index is -4.27. The Labute approximate surface area is 108 Å². The number of hydrogen-bond donors (Lipinski definition) is 1. The maximum Gasteiger partial charge on any atom is 0.392 e. The average Bonchev–Trinajstić information content (AvgIpc) is 2.27. The number of anilines is 1. The Kier molecular flexibility index (Phi) is 5.02. The van der Waals surface area contributed by atoms with Gasteiger partial charge in [0, 0.05) is 11.8 Å². The summed E-state index contributed by atoms with van der Waals surface area (Å²) in [7, 11) is 0. The number of halogens is 3. The number of carbonyl (C=O) groups is 1. The van der Waals surface area contributed by atoms with Crippen molar-refractivity contribution in [3.63, 3.8) is 0 Å². The number of esters is 1. The molecule has 1 aromatic rings. The largest absolute Gasteiger partial charge is 0.493 e. The molecule has 0 aliphatic rings. The van der Waals surface area contributed by atoms with Gasteiger partial charge < -0.3 is 15.2 Å². The molecule has 0 radical (unpaired) electrons. The minimum Gasteiger partial charge on any atom is -0.493 e. The minimum absolute atomic E-state index is 0.1000. The molecule has 0 fully saturated rings. The molecular weight excluding hydrogens is 263 g/mol. The van der Waals surface area contributed by atoms with Crippen LogP contribution in [0.15, 0.2) is 18.2 Å². The number of hydrogen-bond acceptors (Lipinski definition) is 4. The Morgan fingerprint density at radius 1 is 1.37 bits per heavy atom. The standard InChI is InChI=1S/C12H14F3NO3/c1-2-18-11(17)9-4-3-8(7-10(9)16)19-6-5-12(13,14)15/h3-4,7H,2,5-6,16H2,1H3. The van der Waals surface area contributed by atoms with Gasteiger partial charge in [-0.05, 0) is 19.1 Å². The van der Waals surface area contributed by atoms with Crippen LogP contribution in [0.5, 0.6) is 5.75 Å². The van der Waals surface area contributed by atoms with Crippen molar-refractivity contribution in [2.24, 2.45) is 0 Å². The lowest BCUT2D eigenvalue weighted by Crippen LogP contribution is -2.13. The number of nitrogen functional groups attached to an aromatic ring is 1. The van der Waals surface area contributed by atoms with Crippen LogP contribution in [0, 0.1) is 0 Å². The Morgan fingerprint density at radius 3 is 2.58 bits per heavy atom. The van der Waals surface area contributed by atoms with Gasteiger partial charge in [-0.15, -0.1) is 0 Å². The van der Waals surface area contributed by atoms with Crippen molar-refractivity contribution >= 4 is 11.7 Å². The van der Waals surface area contributed by atoms with Gasteiger partial charge in [0.25, 0.3) is 0 Å². The number of ether oxygens (including phenoxy) is 2. The van der Waals surface area contributed by atoms with Crippen LogP contribution in [0.25, 0.3) is 0 Å². The third kappa shape index (κ3) is 5.07. The van der Waals surface area contributed by atoms with E-state index in [0.29, 0.717) is 0 Å². The van der Waals surface area contributed by atoms with Crippen LogP contribution in [0.2, 0.25) is 0 Å². The van der Waals surface area contributed by atoms with Crippen LogP contribution in [-0.4, -0.2) is 25.4 Å². The van der Waals surface area contributed by atoms with Crippen molar-refractivity contribution in [1.82, 2.24) is 0 Å². The van der Waals surface area contributed by atoms with Crippen molar-refractivity contribution < 1.29 is 27.4 Å². The van der Waals surface area contributed by atoms with Gasteiger partial charge in [-0.25, -0.2) is 4.79 Å². The molecule has 0 saturated carbocycles. The van der Waals surface area contributed by atoms with Crippen LogP contribution in [0.1, 0.15) is 23.7 Å². The van der Waals surface area contributed by atoms with Crippen molar-refractivity contribution in [1.29, 1.82) is 0 Å². The lowest BCUT2D eigenvalue weighted by atomic mass is 10.2. The normalized spacial score (nSPS) is 11.2. The molecule has 0 aliphatic carbocycles. The summed E-state index contributed by atoms with van der Waals surface area (Å²) >= 11 is 0. The number of alkyl halides is 3. The lowest BCUT2D eigenvalue weighted by molar-refractivity contribution is -0.139. The highest BCUT2D eigenvalue weighted by Crippen LogP contribution is 2.23. The van der Waals surface area contributed by atoms with Gasteiger partial charge in [0.15, 0.2) is 0 Å². The fourth-order valence-corrected chi connectivity index (χ4v) is 1.31. The predicted molar refractivity (Wildman–Crippen MR) is 63.0 cm³/mol. The van der Waals surface area contributed by atoms with Gasteiger partial charge in [0.2, 0.25) is 0 Å². The van der Waals surface area contributed by atoms with Crippen molar-refractivity contribution in [2.45, 2.75) is 19.5 Å². The van der Waals surface area contributed by atoms with E-state index in [1.807, 2.05) is 0 Å². The summed E-state index contributed by atoms with van der Waals surface area (Å²) in [4.78, 5) is 11.4. The SMILES string of the molecule is CCOC(=O)c1ccc(OCCC(F)(F)F)cc1N. The van der Waals surface area contributed by atoms with Crippen molar-refractivity contribution in [3.8, 4) is 5.75 Å². The second-order valence-corrected chi connectivity index (χ2v) is 3.68. The van der Waals surface area contributed by atoms with E-state index in [4.69, 9.17) is 15.2 Å². The molecule has 7 heteroatoms. The lowest BCUT2D eigenvalue weighted by Gasteiger charge is -2.10. The highest BCUT2D eigenvalue weighted by molar-refractivity contribution is 5.95. The molecule has 0 bridgehead atoms. The summed E-state index contributed by atoms with van der Waals surface area (Å²) in [6, 6.07) is 4.03. The van der Waals surface area contributed by atoms with Gasteiger partial charge in [0.05, 0.1) is 25.2 Å². The molecule has 0 atom stereocenters. The van der Waals surface area contributed by atoms with Gasteiger partial charge in [-0.3, -0.25) is 0 Å². The van der Waals surface area contributed by atoms with E-state index >= 15 is 0 Å². The zero-order chi connectivity index (χ0) is 14.5. The Hall–Kier alpha value is -1.92. The maximum absolute atomic E-state index is 11.9. The third-order valence-electron chi connectivity index (χ3n) is 2.17. The number of rotatable bonds is 5. The van der Waals surface area contributed by atoms with Gasteiger partial charge >= 0.3 is 12.1 Å².